The van der Waals surface area contributed by atoms with Gasteiger partial charge in [0.05, 0.1) is 31.5 Å². The Morgan fingerprint density at radius 1 is 0.793 bits per heavy atom. The lowest BCUT2D eigenvalue weighted by Gasteiger charge is -2.27. The molecule has 0 radical (unpaired) electrons. The molecule has 0 aliphatic heterocycles. The van der Waals surface area contributed by atoms with Gasteiger partial charge in [0.1, 0.15) is 6.10 Å². The number of hydrogen-bond donors (Lipinski definition) is 1. The van der Waals surface area contributed by atoms with E-state index in [0.29, 0.717) is 13.2 Å². The van der Waals surface area contributed by atoms with E-state index in [2.05, 4.69) is 36.5 Å². The fraction of sp³-hybridized carbons (Fsp3) is 0.520. The van der Waals surface area contributed by atoms with Crippen molar-refractivity contribution in [3.63, 3.8) is 0 Å². The van der Waals surface area contributed by atoms with Crippen LogP contribution in [0.4, 0.5) is 0 Å². The number of unbranched alkanes of at least 4 members (excludes halogenated alkanes) is 2. The quantitative estimate of drug-likeness (QED) is 0.526. The Morgan fingerprint density at radius 3 is 1.93 bits per heavy atom. The second kappa shape index (κ2) is 12.1. The van der Waals surface area contributed by atoms with Crippen molar-refractivity contribution in [3.8, 4) is 0 Å². The predicted molar refractivity (Wildman–Crippen MR) is 117 cm³/mol. The van der Waals surface area contributed by atoms with Crippen LogP contribution in [0.2, 0.25) is 0 Å². The lowest BCUT2D eigenvalue weighted by molar-refractivity contribution is -0.0714. The molecule has 1 fully saturated rings. The van der Waals surface area contributed by atoms with Gasteiger partial charge in [-0.2, -0.15) is 0 Å². The molecule has 0 aromatic heterocycles. The minimum atomic E-state index is 0.00124. The number of benzene rings is 2. The molecule has 1 saturated carbocycles. The highest BCUT2D eigenvalue weighted by atomic mass is 16.6. The largest absolute Gasteiger partial charge is 0.374 e. The summed E-state index contributed by atoms with van der Waals surface area (Å²) >= 11 is 0. The normalized spacial score (nSPS) is 24.1. The monoisotopic (exact) mass is 397 g/mol. The Kier molecular flexibility index (Phi) is 9.16. The summed E-state index contributed by atoms with van der Waals surface area (Å²) < 4.78 is 19.0. The van der Waals surface area contributed by atoms with Crippen molar-refractivity contribution in [1.82, 2.24) is 5.32 Å². The van der Waals surface area contributed by atoms with Gasteiger partial charge in [0.15, 0.2) is 0 Å². The van der Waals surface area contributed by atoms with Crippen molar-refractivity contribution >= 4 is 0 Å². The average Bonchev–Trinajstić information content (AvgIpc) is 3.11. The first kappa shape index (κ1) is 22.0. The molecule has 1 aliphatic carbocycles. The van der Waals surface area contributed by atoms with Crippen molar-refractivity contribution in [2.75, 3.05) is 13.7 Å². The molecule has 0 spiro atoms. The van der Waals surface area contributed by atoms with Crippen molar-refractivity contribution in [2.24, 2.45) is 0 Å². The van der Waals surface area contributed by atoms with Crippen LogP contribution >= 0.6 is 0 Å². The summed E-state index contributed by atoms with van der Waals surface area (Å²) in [5, 5.41) is 3.44. The molecule has 2 aromatic carbocycles. The third-order valence-electron chi connectivity index (χ3n) is 5.59. The Labute approximate surface area is 175 Å². The highest BCUT2D eigenvalue weighted by Gasteiger charge is 2.44. The zero-order valence-corrected chi connectivity index (χ0v) is 17.8. The molecular weight excluding hydrogens is 362 g/mol. The summed E-state index contributed by atoms with van der Waals surface area (Å²) in [7, 11) is 1.99. The minimum absolute atomic E-state index is 0.00124. The average molecular weight is 398 g/mol. The maximum Gasteiger partial charge on any atom is 0.101 e. The molecule has 1 aliphatic rings. The summed E-state index contributed by atoms with van der Waals surface area (Å²) in [4.78, 5) is 0. The van der Waals surface area contributed by atoms with E-state index < -0.39 is 0 Å². The number of nitrogens with one attached hydrogen (secondary N) is 1. The third kappa shape index (κ3) is 6.65. The van der Waals surface area contributed by atoms with Gasteiger partial charge in [-0.1, -0.05) is 80.4 Å². The van der Waals surface area contributed by atoms with Crippen LogP contribution in [0.1, 0.15) is 43.7 Å². The van der Waals surface area contributed by atoms with Gasteiger partial charge in [-0.05, 0) is 24.6 Å². The van der Waals surface area contributed by atoms with Crippen LogP contribution in [-0.4, -0.2) is 38.0 Å². The first-order valence-corrected chi connectivity index (χ1v) is 10.9. The van der Waals surface area contributed by atoms with Gasteiger partial charge in [-0.25, -0.2) is 0 Å². The highest BCUT2D eigenvalue weighted by Crippen LogP contribution is 2.30. The number of hydrogen-bond acceptors (Lipinski definition) is 4. The molecule has 0 amide bonds. The van der Waals surface area contributed by atoms with E-state index >= 15 is 0 Å². The predicted octanol–water partition coefficient (Wildman–Crippen LogP) is 4.72. The van der Waals surface area contributed by atoms with Crippen LogP contribution in [0.25, 0.3) is 0 Å². The highest BCUT2D eigenvalue weighted by molar-refractivity contribution is 5.14. The molecule has 4 nitrogen and oxygen atoms in total. The molecule has 0 bridgehead atoms. The van der Waals surface area contributed by atoms with Crippen LogP contribution in [0.15, 0.2) is 60.7 Å². The van der Waals surface area contributed by atoms with E-state index in [1.54, 1.807) is 0 Å². The molecular formula is C25H35NO3. The maximum absolute atomic E-state index is 6.33. The van der Waals surface area contributed by atoms with Crippen molar-refractivity contribution in [3.05, 3.63) is 71.8 Å². The summed E-state index contributed by atoms with van der Waals surface area (Å²) in [6, 6.07) is 20.8. The van der Waals surface area contributed by atoms with Gasteiger partial charge in [-0.3, -0.25) is 0 Å². The van der Waals surface area contributed by atoms with Gasteiger partial charge in [0.2, 0.25) is 0 Å². The van der Waals surface area contributed by atoms with Gasteiger partial charge in [0, 0.05) is 13.0 Å². The molecule has 3 rings (SSSR count). The van der Waals surface area contributed by atoms with Gasteiger partial charge in [0.25, 0.3) is 0 Å². The van der Waals surface area contributed by atoms with E-state index in [-0.39, 0.29) is 24.4 Å². The topological polar surface area (TPSA) is 39.7 Å². The van der Waals surface area contributed by atoms with E-state index in [1.165, 1.54) is 24.0 Å². The minimum Gasteiger partial charge on any atom is -0.374 e. The van der Waals surface area contributed by atoms with Gasteiger partial charge < -0.3 is 19.5 Å². The number of rotatable bonds is 12. The fourth-order valence-electron chi connectivity index (χ4n) is 3.97. The van der Waals surface area contributed by atoms with Crippen LogP contribution in [0.5, 0.6) is 0 Å². The third-order valence-corrected chi connectivity index (χ3v) is 5.59. The zero-order valence-electron chi connectivity index (χ0n) is 17.8. The molecule has 0 saturated heterocycles. The maximum atomic E-state index is 6.33. The molecule has 158 valence electrons. The van der Waals surface area contributed by atoms with Crippen LogP contribution < -0.4 is 5.32 Å². The summed E-state index contributed by atoms with van der Waals surface area (Å²) in [6.45, 7) is 4.19. The molecule has 4 heteroatoms. The van der Waals surface area contributed by atoms with Crippen molar-refractivity contribution in [2.45, 2.75) is 70.2 Å². The molecule has 1 N–H and O–H groups in total. The summed E-state index contributed by atoms with van der Waals surface area (Å²) in [5.74, 6) is 0. The Bertz CT molecular complexity index is 679. The van der Waals surface area contributed by atoms with Crippen molar-refractivity contribution < 1.29 is 14.2 Å². The Morgan fingerprint density at radius 2 is 1.38 bits per heavy atom. The first-order chi connectivity index (χ1) is 14.3. The lowest BCUT2D eigenvalue weighted by Crippen LogP contribution is -2.45. The van der Waals surface area contributed by atoms with E-state index in [9.17, 15) is 0 Å². The van der Waals surface area contributed by atoms with E-state index in [0.717, 1.165) is 19.4 Å². The molecule has 0 unspecified atom stereocenters. The van der Waals surface area contributed by atoms with E-state index in [4.69, 9.17) is 14.2 Å². The SMILES string of the molecule is CCCCCO[C@H]1[C@H](NC)[C@@H](OCc2ccccc2)C[C@H]1OCc1ccccc1. The standard InChI is InChI=1S/C25H35NO3/c1-3-4-11-16-27-25-23(29-19-21-14-9-6-10-15-21)17-22(24(25)26-2)28-18-20-12-7-5-8-13-20/h5-10,12-15,22-26H,3-4,11,16-19H2,1-2H3/t22-,23+,24+,25+/m0/s1. The summed E-state index contributed by atoms with van der Waals surface area (Å²) in [5.41, 5.74) is 2.38. The number of likely N-dealkylation sites (N-methyl/N-ethyl adjacent to an activating group) is 1. The Balaban J connectivity index is 1.62. The lowest BCUT2D eigenvalue weighted by atomic mass is 10.1. The van der Waals surface area contributed by atoms with Crippen LogP contribution in [0, 0.1) is 0 Å². The Hall–Kier alpha value is -1.72. The first-order valence-electron chi connectivity index (χ1n) is 10.9. The van der Waals surface area contributed by atoms with Crippen LogP contribution in [-0.2, 0) is 27.4 Å². The molecule has 29 heavy (non-hydrogen) atoms. The smallest absolute Gasteiger partial charge is 0.101 e. The van der Waals surface area contributed by atoms with E-state index in [1.807, 2.05) is 43.4 Å². The molecule has 0 heterocycles. The van der Waals surface area contributed by atoms with Gasteiger partial charge in [-0.15, -0.1) is 0 Å². The van der Waals surface area contributed by atoms with Gasteiger partial charge >= 0.3 is 0 Å². The van der Waals surface area contributed by atoms with Crippen molar-refractivity contribution in [1.29, 1.82) is 0 Å². The summed E-state index contributed by atoms with van der Waals surface area (Å²) in [6.07, 6.45) is 4.41. The number of ether oxygens (including phenoxy) is 3. The fourth-order valence-corrected chi connectivity index (χ4v) is 3.97. The molecule has 4 atom stereocenters. The zero-order chi connectivity index (χ0) is 20.3. The molecule has 2 aromatic rings. The van der Waals surface area contributed by atoms with Crippen LogP contribution in [0.3, 0.4) is 0 Å². The second-order valence-corrected chi connectivity index (χ2v) is 7.76. The second-order valence-electron chi connectivity index (χ2n) is 7.76.